The molecule has 0 radical (unpaired) electrons. The zero-order chi connectivity index (χ0) is 15.0. The molecule has 1 aromatic rings. The van der Waals surface area contributed by atoms with Crippen molar-refractivity contribution in [3.63, 3.8) is 0 Å². The Labute approximate surface area is 130 Å². The molecule has 3 atom stereocenters. The van der Waals surface area contributed by atoms with Gasteiger partial charge in [-0.25, -0.2) is 0 Å². The van der Waals surface area contributed by atoms with Gasteiger partial charge in [0.05, 0.1) is 0 Å². The maximum absolute atomic E-state index is 2.78. The first-order valence-electron chi connectivity index (χ1n) is 8.62. The van der Waals surface area contributed by atoms with Crippen LogP contribution in [0.4, 0.5) is 0 Å². The van der Waals surface area contributed by atoms with Gasteiger partial charge in [0, 0.05) is 31.2 Å². The Morgan fingerprint density at radius 1 is 1.05 bits per heavy atom. The minimum absolute atomic E-state index is 0.528. The van der Waals surface area contributed by atoms with E-state index in [2.05, 4.69) is 61.8 Å². The van der Waals surface area contributed by atoms with Crippen molar-refractivity contribution in [2.45, 2.75) is 58.7 Å². The van der Waals surface area contributed by atoms with E-state index in [1.165, 1.54) is 43.6 Å². The average molecular weight is 286 g/mol. The first-order chi connectivity index (χ1) is 10.1. The van der Waals surface area contributed by atoms with Crippen molar-refractivity contribution < 1.29 is 0 Å². The molecule has 2 heterocycles. The van der Waals surface area contributed by atoms with Crippen LogP contribution in [0.1, 0.15) is 50.8 Å². The van der Waals surface area contributed by atoms with Crippen LogP contribution in [0.2, 0.25) is 0 Å². The minimum atomic E-state index is 0.528. The molecule has 2 aliphatic heterocycles. The quantitative estimate of drug-likeness (QED) is 0.832. The topological polar surface area (TPSA) is 6.48 Å². The predicted molar refractivity (Wildman–Crippen MR) is 89.5 cm³/mol. The molecule has 21 heavy (non-hydrogen) atoms. The second-order valence-electron chi connectivity index (χ2n) is 7.39. The summed E-state index contributed by atoms with van der Waals surface area (Å²) < 4.78 is 0. The number of benzene rings is 1. The fourth-order valence-corrected chi connectivity index (χ4v) is 4.14. The van der Waals surface area contributed by atoms with Crippen LogP contribution < -0.4 is 0 Å². The number of rotatable bonds is 3. The Morgan fingerprint density at radius 3 is 2.43 bits per heavy atom. The number of aryl methyl sites for hydroxylation is 1. The van der Waals surface area contributed by atoms with E-state index >= 15 is 0 Å². The van der Waals surface area contributed by atoms with Gasteiger partial charge in [0.2, 0.25) is 0 Å². The lowest BCUT2D eigenvalue weighted by atomic mass is 9.93. The Bertz CT molecular complexity index is 465. The van der Waals surface area contributed by atoms with Crippen LogP contribution in [0.3, 0.4) is 0 Å². The van der Waals surface area contributed by atoms with Crippen LogP contribution in [-0.4, -0.2) is 41.5 Å². The molecule has 2 fully saturated rings. The van der Waals surface area contributed by atoms with Gasteiger partial charge >= 0.3 is 0 Å². The van der Waals surface area contributed by atoms with Crippen molar-refractivity contribution in [1.82, 2.24) is 9.80 Å². The first-order valence-corrected chi connectivity index (χ1v) is 8.62. The Kier molecular flexibility index (Phi) is 4.37. The van der Waals surface area contributed by atoms with Gasteiger partial charge in [-0.1, -0.05) is 43.7 Å². The van der Waals surface area contributed by atoms with Crippen LogP contribution in [-0.2, 0) is 0 Å². The van der Waals surface area contributed by atoms with E-state index in [0.717, 1.165) is 12.0 Å². The van der Waals surface area contributed by atoms with Crippen molar-refractivity contribution in [2.75, 3.05) is 19.6 Å². The van der Waals surface area contributed by atoms with E-state index in [9.17, 15) is 0 Å². The Balaban J connectivity index is 1.81. The molecule has 0 bridgehead atoms. The summed E-state index contributed by atoms with van der Waals surface area (Å²) in [4.78, 5) is 5.52. The van der Waals surface area contributed by atoms with Gasteiger partial charge in [0.25, 0.3) is 0 Å². The van der Waals surface area contributed by atoms with E-state index in [-0.39, 0.29) is 0 Å². The third-order valence-corrected chi connectivity index (χ3v) is 5.59. The molecule has 2 saturated heterocycles. The molecule has 2 heteroatoms. The lowest BCUT2D eigenvalue weighted by Gasteiger charge is -2.48. The number of hydrogen-bond acceptors (Lipinski definition) is 2. The zero-order valence-corrected chi connectivity index (χ0v) is 14.0. The van der Waals surface area contributed by atoms with Gasteiger partial charge in [-0.05, 0) is 44.7 Å². The van der Waals surface area contributed by atoms with Crippen molar-refractivity contribution in [3.8, 4) is 0 Å². The standard InChI is InChI=1S/C19H30N2/c1-14(2)19-13-20-11-5-6-18(20)12-21(19)16(4)17-9-7-15(3)8-10-17/h7-10,14,16,18-19H,5-6,11-13H2,1-4H3. The maximum Gasteiger partial charge on any atom is 0.0324 e. The second-order valence-corrected chi connectivity index (χ2v) is 7.39. The Hall–Kier alpha value is -0.860. The molecule has 3 unspecified atom stereocenters. The molecule has 0 saturated carbocycles. The minimum Gasteiger partial charge on any atom is -0.298 e. The molecule has 0 aromatic heterocycles. The third kappa shape index (κ3) is 3.02. The zero-order valence-electron chi connectivity index (χ0n) is 14.0. The maximum atomic E-state index is 2.78. The van der Waals surface area contributed by atoms with Gasteiger partial charge in [0.15, 0.2) is 0 Å². The van der Waals surface area contributed by atoms with E-state index in [4.69, 9.17) is 0 Å². The monoisotopic (exact) mass is 286 g/mol. The highest BCUT2D eigenvalue weighted by atomic mass is 15.3. The summed E-state index contributed by atoms with van der Waals surface area (Å²) in [5.41, 5.74) is 2.82. The summed E-state index contributed by atoms with van der Waals surface area (Å²) in [5.74, 6) is 0.722. The molecule has 1 aromatic carbocycles. The lowest BCUT2D eigenvalue weighted by molar-refractivity contribution is 0.00404. The molecule has 3 rings (SSSR count). The summed E-state index contributed by atoms with van der Waals surface area (Å²) in [6.45, 7) is 13.2. The van der Waals surface area contributed by atoms with Crippen LogP contribution in [0.5, 0.6) is 0 Å². The van der Waals surface area contributed by atoms with Gasteiger partial charge in [0.1, 0.15) is 0 Å². The molecular formula is C19H30N2. The molecule has 116 valence electrons. The highest BCUT2D eigenvalue weighted by Crippen LogP contribution is 2.33. The van der Waals surface area contributed by atoms with Gasteiger partial charge in [-0.15, -0.1) is 0 Å². The summed E-state index contributed by atoms with van der Waals surface area (Å²) in [6, 6.07) is 11.2. The SMILES string of the molecule is Cc1ccc(C(C)N2CC3CCCN3CC2C(C)C)cc1. The molecule has 0 amide bonds. The third-order valence-electron chi connectivity index (χ3n) is 5.59. The van der Waals surface area contributed by atoms with Crippen molar-refractivity contribution in [1.29, 1.82) is 0 Å². The normalized spacial score (nSPS) is 28.8. The molecule has 0 aliphatic carbocycles. The Morgan fingerprint density at radius 2 is 1.76 bits per heavy atom. The van der Waals surface area contributed by atoms with E-state index in [0.29, 0.717) is 12.1 Å². The lowest BCUT2D eigenvalue weighted by Crippen LogP contribution is -2.58. The fourth-order valence-electron chi connectivity index (χ4n) is 4.14. The molecule has 0 N–H and O–H groups in total. The number of piperazine rings is 1. The largest absolute Gasteiger partial charge is 0.298 e. The smallest absolute Gasteiger partial charge is 0.0324 e. The predicted octanol–water partition coefficient (Wildman–Crippen LogP) is 3.86. The van der Waals surface area contributed by atoms with Crippen molar-refractivity contribution in [2.24, 2.45) is 5.92 Å². The molecule has 2 nitrogen and oxygen atoms in total. The summed E-state index contributed by atoms with van der Waals surface area (Å²) >= 11 is 0. The molecule has 0 spiro atoms. The van der Waals surface area contributed by atoms with Crippen molar-refractivity contribution >= 4 is 0 Å². The number of hydrogen-bond donors (Lipinski definition) is 0. The number of fused-ring (bicyclic) bond motifs is 1. The van der Waals surface area contributed by atoms with Crippen LogP contribution in [0, 0.1) is 12.8 Å². The highest BCUT2D eigenvalue weighted by molar-refractivity contribution is 5.24. The fraction of sp³-hybridized carbons (Fsp3) is 0.684. The molecular weight excluding hydrogens is 256 g/mol. The summed E-state index contributed by atoms with van der Waals surface area (Å²) in [5, 5.41) is 0. The van der Waals surface area contributed by atoms with Gasteiger partial charge in [-0.3, -0.25) is 9.80 Å². The van der Waals surface area contributed by atoms with Gasteiger partial charge in [-0.2, -0.15) is 0 Å². The van der Waals surface area contributed by atoms with Crippen LogP contribution >= 0.6 is 0 Å². The van der Waals surface area contributed by atoms with E-state index in [1.807, 2.05) is 0 Å². The summed E-state index contributed by atoms with van der Waals surface area (Å²) in [7, 11) is 0. The highest BCUT2D eigenvalue weighted by Gasteiger charge is 2.39. The first kappa shape index (κ1) is 15.1. The number of nitrogens with zero attached hydrogens (tertiary/aromatic N) is 2. The average Bonchev–Trinajstić information content (AvgIpc) is 2.93. The van der Waals surface area contributed by atoms with Crippen LogP contribution in [0.25, 0.3) is 0 Å². The van der Waals surface area contributed by atoms with E-state index < -0.39 is 0 Å². The van der Waals surface area contributed by atoms with Crippen LogP contribution in [0.15, 0.2) is 24.3 Å². The second kappa shape index (κ2) is 6.10. The van der Waals surface area contributed by atoms with Gasteiger partial charge < -0.3 is 0 Å². The summed E-state index contributed by atoms with van der Waals surface area (Å²) in [6.07, 6.45) is 2.78. The molecule has 2 aliphatic rings. The van der Waals surface area contributed by atoms with E-state index in [1.54, 1.807) is 0 Å². The van der Waals surface area contributed by atoms with Crippen molar-refractivity contribution in [3.05, 3.63) is 35.4 Å².